The lowest BCUT2D eigenvalue weighted by Crippen LogP contribution is -2.69. The molecule has 0 amide bonds. The summed E-state index contributed by atoms with van der Waals surface area (Å²) < 4.78 is 169. The molecule has 0 aromatic heterocycles. The van der Waals surface area contributed by atoms with E-state index in [0.717, 1.165) is 6.92 Å². The van der Waals surface area contributed by atoms with Gasteiger partial charge in [-0.15, -0.1) is 0 Å². The van der Waals surface area contributed by atoms with Crippen LogP contribution in [-0.2, 0) is 5.92 Å². The Bertz CT molecular complexity index is 705. The van der Waals surface area contributed by atoms with E-state index in [1.165, 1.54) is 0 Å². The van der Waals surface area contributed by atoms with Crippen LogP contribution in [0.5, 0.6) is 0 Å². The molecule has 0 unspecified atom stereocenters. The van der Waals surface area contributed by atoms with Crippen LogP contribution < -0.4 is 0 Å². The molecule has 0 aliphatic heterocycles. The van der Waals surface area contributed by atoms with E-state index < -0.39 is 41.4 Å². The van der Waals surface area contributed by atoms with Crippen molar-refractivity contribution in [2.45, 2.75) is 42.7 Å². The summed E-state index contributed by atoms with van der Waals surface area (Å²) in [7, 11) is 0. The highest BCUT2D eigenvalue weighted by Gasteiger charge is 2.90. The smallest absolute Gasteiger partial charge is 0.194 e. The van der Waals surface area contributed by atoms with Crippen molar-refractivity contribution >= 4 is 15.9 Å². The van der Waals surface area contributed by atoms with Crippen LogP contribution in [-0.4, -0.2) is 29.9 Å². The molecule has 156 valence electrons. The predicted molar refractivity (Wildman–Crippen MR) is 68.6 cm³/mol. The summed E-state index contributed by atoms with van der Waals surface area (Å²) in [4.78, 5) is 0. The summed E-state index contributed by atoms with van der Waals surface area (Å²) in [6, 6.07) is 0.866. The second kappa shape index (κ2) is 6.41. The number of alkyl halides is 13. The lowest BCUT2D eigenvalue weighted by atomic mass is 9.90. The minimum atomic E-state index is -7.89. The molecule has 14 heteroatoms. The Morgan fingerprint density at radius 3 is 1.41 bits per heavy atom. The van der Waals surface area contributed by atoms with Gasteiger partial charge in [0.1, 0.15) is 0 Å². The molecule has 0 fully saturated rings. The quantitative estimate of drug-likeness (QED) is 0.393. The topological polar surface area (TPSA) is 0 Å². The van der Waals surface area contributed by atoms with Gasteiger partial charge in [-0.25, -0.2) is 0 Å². The second-order valence-corrected chi connectivity index (χ2v) is 6.19. The van der Waals surface area contributed by atoms with Crippen LogP contribution >= 0.6 is 15.9 Å². The summed E-state index contributed by atoms with van der Waals surface area (Å²) in [5, 5.41) is 0. The molecule has 0 aliphatic carbocycles. The Hall–Kier alpha value is -1.21. The molecule has 0 aliphatic rings. The van der Waals surface area contributed by atoms with E-state index in [9.17, 15) is 57.1 Å². The standard InChI is InChI=1S/C13H6BrF13/c1-5-4-6(2-3-7(5)14)8(15,16)9(17,18)10(19,20)11(21,22)12(23,24)13(25,26)27/h2-4H,1H3. The average Bonchev–Trinajstić information content (AvgIpc) is 2.47. The number of hydrogen-bond acceptors (Lipinski definition) is 0. The van der Waals surface area contributed by atoms with Crippen molar-refractivity contribution in [1.29, 1.82) is 0 Å². The third-order valence-electron chi connectivity index (χ3n) is 3.45. The zero-order valence-electron chi connectivity index (χ0n) is 12.5. The fraction of sp³-hybridized carbons (Fsp3) is 0.538. The van der Waals surface area contributed by atoms with Gasteiger partial charge in [-0.2, -0.15) is 57.1 Å². The van der Waals surface area contributed by atoms with E-state index >= 15 is 0 Å². The maximum atomic E-state index is 13.9. The van der Waals surface area contributed by atoms with Gasteiger partial charge in [0.05, 0.1) is 0 Å². The first kappa shape index (κ1) is 23.8. The van der Waals surface area contributed by atoms with Crippen LogP contribution in [0, 0.1) is 6.92 Å². The Balaban J connectivity index is 3.60. The molecule has 0 N–H and O–H groups in total. The highest BCUT2D eigenvalue weighted by molar-refractivity contribution is 9.10. The van der Waals surface area contributed by atoms with Gasteiger partial charge in [-0.1, -0.05) is 22.0 Å². The van der Waals surface area contributed by atoms with Crippen LogP contribution in [0.1, 0.15) is 11.1 Å². The van der Waals surface area contributed by atoms with E-state index in [1.807, 2.05) is 0 Å². The maximum absolute atomic E-state index is 13.9. The molecule has 0 bridgehead atoms. The first-order chi connectivity index (χ1) is 11.7. The second-order valence-electron chi connectivity index (χ2n) is 5.33. The van der Waals surface area contributed by atoms with Crippen molar-refractivity contribution in [2.75, 3.05) is 0 Å². The van der Waals surface area contributed by atoms with Gasteiger partial charge in [0, 0.05) is 10.0 Å². The highest BCUT2D eigenvalue weighted by Crippen LogP contribution is 2.62. The number of aryl methyl sites for hydroxylation is 1. The van der Waals surface area contributed by atoms with Gasteiger partial charge in [0.25, 0.3) is 0 Å². The van der Waals surface area contributed by atoms with E-state index in [0.29, 0.717) is 6.07 Å². The summed E-state index contributed by atoms with van der Waals surface area (Å²) in [5.74, 6) is -37.0. The third-order valence-corrected chi connectivity index (χ3v) is 4.34. The first-order valence-electron chi connectivity index (χ1n) is 6.38. The largest absolute Gasteiger partial charge is 0.460 e. The molecule has 1 rings (SSSR count). The molecule has 0 spiro atoms. The van der Waals surface area contributed by atoms with Gasteiger partial charge in [-0.05, 0) is 24.6 Å². The fourth-order valence-corrected chi connectivity index (χ4v) is 2.04. The minimum Gasteiger partial charge on any atom is -0.194 e. The number of hydrogen-bond donors (Lipinski definition) is 0. The molecule has 1 aromatic carbocycles. The lowest BCUT2D eigenvalue weighted by molar-refractivity contribution is -0.441. The van der Waals surface area contributed by atoms with Crippen LogP contribution in [0.15, 0.2) is 22.7 Å². The SMILES string of the molecule is Cc1cc(C(F)(F)C(F)(F)C(F)(F)C(F)(F)C(F)(F)C(F)(F)F)ccc1Br. The molecule has 0 radical (unpaired) electrons. The molecule has 27 heavy (non-hydrogen) atoms. The molecule has 1 aromatic rings. The van der Waals surface area contributed by atoms with Crippen molar-refractivity contribution in [3.8, 4) is 0 Å². The van der Waals surface area contributed by atoms with Gasteiger partial charge in [-0.3, -0.25) is 0 Å². The van der Waals surface area contributed by atoms with Crippen molar-refractivity contribution in [3.05, 3.63) is 33.8 Å². The van der Waals surface area contributed by atoms with Crippen LogP contribution in [0.25, 0.3) is 0 Å². The zero-order valence-corrected chi connectivity index (χ0v) is 14.1. The van der Waals surface area contributed by atoms with Crippen molar-refractivity contribution in [1.82, 2.24) is 0 Å². The normalized spacial score (nSPS) is 15.2. The van der Waals surface area contributed by atoms with E-state index in [2.05, 4.69) is 15.9 Å². The van der Waals surface area contributed by atoms with E-state index in [-0.39, 0.29) is 22.2 Å². The van der Waals surface area contributed by atoms with Gasteiger partial charge >= 0.3 is 35.8 Å². The Morgan fingerprint density at radius 2 is 1.04 bits per heavy atom. The summed E-state index contributed by atoms with van der Waals surface area (Å²) in [6.07, 6.45) is -7.42. The average molecular weight is 489 g/mol. The first-order valence-corrected chi connectivity index (χ1v) is 7.18. The molecule has 0 heterocycles. The summed E-state index contributed by atoms with van der Waals surface area (Å²) in [5.41, 5.74) is -2.27. The summed E-state index contributed by atoms with van der Waals surface area (Å²) in [6.45, 7) is 1.01. The predicted octanol–water partition coefficient (Wildman–Crippen LogP) is 6.95. The maximum Gasteiger partial charge on any atom is 0.460 e. The Morgan fingerprint density at radius 1 is 0.630 bits per heavy atom. The monoisotopic (exact) mass is 488 g/mol. The van der Waals surface area contributed by atoms with Crippen molar-refractivity contribution < 1.29 is 57.1 Å². The van der Waals surface area contributed by atoms with Crippen LogP contribution in [0.2, 0.25) is 0 Å². The zero-order chi connectivity index (χ0) is 21.9. The van der Waals surface area contributed by atoms with Crippen molar-refractivity contribution in [2.24, 2.45) is 0 Å². The molecule has 0 saturated carbocycles. The summed E-state index contributed by atoms with van der Waals surface area (Å²) >= 11 is 2.74. The molecular weight excluding hydrogens is 483 g/mol. The molecule has 0 nitrogen and oxygen atoms in total. The fourth-order valence-electron chi connectivity index (χ4n) is 1.79. The number of halogens is 14. The van der Waals surface area contributed by atoms with Crippen molar-refractivity contribution in [3.63, 3.8) is 0 Å². The van der Waals surface area contributed by atoms with E-state index in [1.54, 1.807) is 0 Å². The molecular formula is C13H6BrF13. The molecule has 0 saturated heterocycles. The van der Waals surface area contributed by atoms with Gasteiger partial charge in [0.15, 0.2) is 0 Å². The minimum absolute atomic E-state index is 0.00561. The van der Waals surface area contributed by atoms with Crippen LogP contribution in [0.4, 0.5) is 57.1 Å². The third kappa shape index (κ3) is 3.27. The van der Waals surface area contributed by atoms with Crippen LogP contribution in [0.3, 0.4) is 0 Å². The number of benzene rings is 1. The highest BCUT2D eigenvalue weighted by atomic mass is 79.9. The van der Waals surface area contributed by atoms with Gasteiger partial charge in [0.2, 0.25) is 0 Å². The lowest BCUT2D eigenvalue weighted by Gasteiger charge is -2.39. The van der Waals surface area contributed by atoms with E-state index in [4.69, 9.17) is 0 Å². The molecule has 0 atom stereocenters. The van der Waals surface area contributed by atoms with Gasteiger partial charge < -0.3 is 0 Å². The Kier molecular flexibility index (Phi) is 5.66. The Labute approximate surface area is 150 Å². The number of rotatable bonds is 5.